The fourth-order valence-corrected chi connectivity index (χ4v) is 11.7. The molecule has 3 rings (SSSR count). The van der Waals surface area contributed by atoms with Crippen LogP contribution in [0.3, 0.4) is 0 Å². The Kier molecular flexibility index (Phi) is 18.5. The summed E-state index contributed by atoms with van der Waals surface area (Å²) in [6.45, 7) is 18.3. The molecular weight excluding hydrogens is 764 g/mol. The molecule has 0 fully saturated rings. The van der Waals surface area contributed by atoms with Gasteiger partial charge < -0.3 is 24.5 Å². The van der Waals surface area contributed by atoms with Crippen molar-refractivity contribution in [2.45, 2.75) is 118 Å². The first-order valence-corrected chi connectivity index (χ1v) is 22.3. The van der Waals surface area contributed by atoms with E-state index in [2.05, 4.69) is 91.8 Å². The van der Waals surface area contributed by atoms with E-state index in [1.807, 2.05) is 78.0 Å². The number of rotatable bonds is 17. The predicted octanol–water partition coefficient (Wildman–Crippen LogP) is 8.78. The molecule has 10 heteroatoms. The molecule has 1 heterocycles. The molecule has 2 N–H and O–H groups in total. The third-order valence-electron chi connectivity index (χ3n) is 9.93. The summed E-state index contributed by atoms with van der Waals surface area (Å²) in [6, 6.07) is 20.2. The molecule has 8 nitrogen and oxygen atoms in total. The molecule has 4 atom stereocenters. The van der Waals surface area contributed by atoms with Crippen LogP contribution in [0.2, 0.25) is 5.04 Å². The van der Waals surface area contributed by atoms with Crippen molar-refractivity contribution >= 4 is 48.1 Å². The van der Waals surface area contributed by atoms with Crippen molar-refractivity contribution in [3.05, 3.63) is 120 Å². The lowest BCUT2D eigenvalue weighted by atomic mass is 9.86. The van der Waals surface area contributed by atoms with Crippen LogP contribution >= 0.6 is 11.6 Å². The molecule has 312 valence electrons. The minimum absolute atomic E-state index is 0.0113. The lowest BCUT2D eigenvalue weighted by Crippen LogP contribution is -2.67. The second kappa shape index (κ2) is 22.5. The number of benzene rings is 2. The molecule has 2 amide bonds. The SMILES string of the molecule is COC1=CC[C@@H]([C@@H](C)/C=C(C)/C=C\C#CCCC(=O)N[C@H](C(=O)N/C=C\C[C@H](C/C=C(\C)Cl)O[Si](c2ccccc2)(c2ccccc2)C(C)(C)C)C(C)(C)C)OC1=O. The van der Waals surface area contributed by atoms with Gasteiger partial charge >= 0.3 is 5.97 Å². The van der Waals surface area contributed by atoms with Crippen molar-refractivity contribution in [1.82, 2.24) is 10.6 Å². The number of hydrogen-bond acceptors (Lipinski definition) is 6. The van der Waals surface area contributed by atoms with Gasteiger partial charge in [0.1, 0.15) is 12.1 Å². The number of esters is 1. The predicted molar refractivity (Wildman–Crippen MR) is 239 cm³/mol. The van der Waals surface area contributed by atoms with Crippen LogP contribution in [0.4, 0.5) is 0 Å². The number of carbonyl (C=O) groups is 3. The number of cyclic esters (lactones) is 1. The van der Waals surface area contributed by atoms with Gasteiger partial charge in [0.25, 0.3) is 8.32 Å². The van der Waals surface area contributed by atoms with E-state index >= 15 is 0 Å². The number of ether oxygens (including phenoxy) is 2. The summed E-state index contributed by atoms with van der Waals surface area (Å²) in [4.78, 5) is 38.5. The highest BCUT2D eigenvalue weighted by Gasteiger charge is 2.51. The average molecular weight is 828 g/mol. The quantitative estimate of drug-likeness (QED) is 0.0716. The summed E-state index contributed by atoms with van der Waals surface area (Å²) >= 11 is 6.33. The van der Waals surface area contributed by atoms with Crippen molar-refractivity contribution in [3.8, 4) is 11.8 Å². The number of nitrogens with one attached hydrogen (secondary N) is 2. The molecule has 0 saturated heterocycles. The van der Waals surface area contributed by atoms with Gasteiger partial charge in [-0.2, -0.15) is 0 Å². The first kappa shape index (κ1) is 47.8. The Morgan fingerprint density at radius 1 is 1.00 bits per heavy atom. The molecule has 1 aliphatic heterocycles. The van der Waals surface area contributed by atoms with Crippen LogP contribution in [0.1, 0.15) is 94.4 Å². The standard InChI is InChI=1S/C48H63ClN2O6Si/c1-35(34-36(2)41-31-32-42(55-10)46(54)56-41)22-15-11-12-20-28-43(52)51-44(47(4,5)6)45(53)50-33-21-23-38(30-29-37(3)49)57-58(48(7,8)9,39-24-16-13-17-25-39)40-26-18-14-19-27-40/h13-19,21-22,24-27,29,32-34,36,38,41,44H,20,23,28,30-31H2,1-10H3,(H,50,53)(H,51,52)/b22-15-,33-21-,35-34+,37-29+/t36-,38+,41-,44+/m0/s1. The number of halogens is 1. The highest BCUT2D eigenvalue weighted by molar-refractivity contribution is 6.99. The van der Waals surface area contributed by atoms with E-state index in [0.29, 0.717) is 30.7 Å². The fourth-order valence-electron chi connectivity index (χ4n) is 6.88. The second-order valence-corrected chi connectivity index (χ2v) is 21.7. The number of methoxy groups -OCH3 is 1. The largest absolute Gasteiger partial charge is 0.490 e. The normalized spacial score (nSPS) is 17.1. The Labute approximate surface area is 353 Å². The van der Waals surface area contributed by atoms with E-state index in [0.717, 1.165) is 5.57 Å². The highest BCUT2D eigenvalue weighted by Crippen LogP contribution is 2.38. The van der Waals surface area contributed by atoms with Gasteiger partial charge in [-0.1, -0.05) is 162 Å². The van der Waals surface area contributed by atoms with Gasteiger partial charge in [-0.3, -0.25) is 9.59 Å². The number of amides is 2. The van der Waals surface area contributed by atoms with Crippen molar-refractivity contribution in [2.24, 2.45) is 11.3 Å². The Hall–Kier alpha value is -4.62. The molecule has 0 bridgehead atoms. The van der Waals surface area contributed by atoms with Gasteiger partial charge in [-0.15, -0.1) is 0 Å². The molecule has 0 radical (unpaired) electrons. The van der Waals surface area contributed by atoms with Crippen LogP contribution in [0.5, 0.6) is 0 Å². The van der Waals surface area contributed by atoms with Crippen LogP contribution in [0, 0.1) is 23.2 Å². The number of hydrogen-bond donors (Lipinski definition) is 2. The highest BCUT2D eigenvalue weighted by atomic mass is 35.5. The topological polar surface area (TPSA) is 103 Å². The number of allylic oxidation sites excluding steroid dienone is 4. The Balaban J connectivity index is 1.63. The van der Waals surface area contributed by atoms with Crippen LogP contribution in [-0.4, -0.2) is 51.5 Å². The van der Waals surface area contributed by atoms with E-state index in [1.54, 1.807) is 18.4 Å². The van der Waals surface area contributed by atoms with Crippen LogP contribution in [-0.2, 0) is 28.3 Å². The Bertz CT molecular complexity index is 1850. The fraction of sp³-hybridized carbons (Fsp3) is 0.438. The van der Waals surface area contributed by atoms with E-state index in [-0.39, 0.29) is 47.2 Å². The lowest BCUT2D eigenvalue weighted by Gasteiger charge is -2.45. The van der Waals surface area contributed by atoms with Gasteiger partial charge in [0.05, 0.1) is 13.2 Å². The zero-order chi connectivity index (χ0) is 42.9. The Morgan fingerprint density at radius 3 is 2.16 bits per heavy atom. The molecule has 58 heavy (non-hydrogen) atoms. The minimum Gasteiger partial charge on any atom is -0.490 e. The molecular formula is C48H63ClN2O6Si. The summed E-state index contributed by atoms with van der Waals surface area (Å²) < 4.78 is 17.9. The smallest absolute Gasteiger partial charge is 0.373 e. The minimum atomic E-state index is -2.84. The molecule has 0 aromatic heterocycles. The molecule has 1 aliphatic rings. The van der Waals surface area contributed by atoms with E-state index in [9.17, 15) is 14.4 Å². The lowest BCUT2D eigenvalue weighted by molar-refractivity contribution is -0.151. The summed E-state index contributed by atoms with van der Waals surface area (Å²) in [7, 11) is -1.39. The average Bonchev–Trinajstić information content (AvgIpc) is 3.17. The third-order valence-corrected chi connectivity index (χ3v) is 15.2. The Morgan fingerprint density at radius 2 is 1.62 bits per heavy atom. The van der Waals surface area contributed by atoms with Crippen LogP contribution < -0.4 is 21.0 Å². The maximum Gasteiger partial charge on any atom is 0.373 e. The molecule has 2 aromatic carbocycles. The van der Waals surface area contributed by atoms with Crippen LogP contribution in [0.15, 0.2) is 120 Å². The van der Waals surface area contributed by atoms with Crippen molar-refractivity contribution < 1.29 is 28.3 Å². The molecule has 0 saturated carbocycles. The van der Waals surface area contributed by atoms with E-state index in [4.69, 9.17) is 25.5 Å². The second-order valence-electron chi connectivity index (χ2n) is 16.8. The summed E-state index contributed by atoms with van der Waals surface area (Å²) in [6.07, 6.45) is 14.7. The third kappa shape index (κ3) is 14.3. The molecule has 0 unspecified atom stereocenters. The van der Waals surface area contributed by atoms with Crippen molar-refractivity contribution in [3.63, 3.8) is 0 Å². The van der Waals surface area contributed by atoms with Crippen LogP contribution in [0.25, 0.3) is 0 Å². The maximum absolute atomic E-state index is 13.5. The van der Waals surface area contributed by atoms with Gasteiger partial charge in [0, 0.05) is 30.2 Å². The first-order chi connectivity index (χ1) is 27.4. The number of carbonyl (C=O) groups excluding carboxylic acids is 3. The summed E-state index contributed by atoms with van der Waals surface area (Å²) in [5.41, 5.74) is 0.438. The van der Waals surface area contributed by atoms with E-state index in [1.165, 1.54) is 17.5 Å². The van der Waals surface area contributed by atoms with Gasteiger partial charge in [-0.05, 0) is 65.9 Å². The zero-order valence-corrected chi connectivity index (χ0v) is 37.7. The zero-order valence-electron chi connectivity index (χ0n) is 36.0. The van der Waals surface area contributed by atoms with Gasteiger partial charge in [-0.25, -0.2) is 4.79 Å². The molecule has 0 spiro atoms. The summed E-state index contributed by atoms with van der Waals surface area (Å²) in [5.74, 6) is 5.24. The summed E-state index contributed by atoms with van der Waals surface area (Å²) in [5, 5.41) is 8.70. The van der Waals surface area contributed by atoms with Gasteiger partial charge in [0.15, 0.2) is 5.76 Å². The van der Waals surface area contributed by atoms with Crippen molar-refractivity contribution in [1.29, 1.82) is 0 Å². The molecule has 0 aliphatic carbocycles. The van der Waals surface area contributed by atoms with E-state index < -0.39 is 25.7 Å². The van der Waals surface area contributed by atoms with Gasteiger partial charge in [0.2, 0.25) is 11.8 Å². The van der Waals surface area contributed by atoms with Crippen molar-refractivity contribution in [2.75, 3.05) is 7.11 Å². The monoisotopic (exact) mass is 826 g/mol. The first-order valence-electron chi connectivity index (χ1n) is 20.0. The molecule has 2 aromatic rings. The maximum atomic E-state index is 13.5.